The van der Waals surface area contributed by atoms with E-state index in [1.165, 1.54) is 17.0 Å². The monoisotopic (exact) mass is 457 g/mol. The van der Waals surface area contributed by atoms with Gasteiger partial charge in [-0.1, -0.05) is 28.1 Å². The summed E-state index contributed by atoms with van der Waals surface area (Å²) in [7, 11) is 0. The van der Waals surface area contributed by atoms with E-state index < -0.39 is 0 Å². The van der Waals surface area contributed by atoms with Crippen LogP contribution in [-0.2, 0) is 11.3 Å². The Balaban J connectivity index is 1.78. The van der Waals surface area contributed by atoms with E-state index >= 15 is 0 Å². The van der Waals surface area contributed by atoms with Gasteiger partial charge in [-0.3, -0.25) is 9.69 Å². The molecule has 1 amide bonds. The number of halogens is 2. The quantitative estimate of drug-likeness (QED) is 0.456. The highest BCUT2D eigenvalue weighted by atomic mass is 79.9. The van der Waals surface area contributed by atoms with Gasteiger partial charge in [-0.2, -0.15) is 0 Å². The molecular weight excluding hydrogens is 441 g/mol. The first-order valence-corrected chi connectivity index (χ1v) is 10.0. The van der Waals surface area contributed by atoms with E-state index in [0.29, 0.717) is 23.9 Å². The number of hydrogen-bond donors (Lipinski definition) is 1. The fourth-order valence-corrected chi connectivity index (χ4v) is 4.03. The highest BCUT2D eigenvalue weighted by Crippen LogP contribution is 2.28. The van der Waals surface area contributed by atoms with E-state index in [1.807, 2.05) is 37.4 Å². The first-order chi connectivity index (χ1) is 13.5. The lowest BCUT2D eigenvalue weighted by atomic mass is 10.1. The van der Waals surface area contributed by atoms with E-state index in [2.05, 4.69) is 25.8 Å². The van der Waals surface area contributed by atoms with Crippen LogP contribution in [0.1, 0.15) is 18.1 Å². The predicted molar refractivity (Wildman–Crippen MR) is 116 cm³/mol. The molecule has 142 valence electrons. The summed E-state index contributed by atoms with van der Waals surface area (Å²) in [5.74, 6) is -0.375. The molecule has 0 saturated carbocycles. The van der Waals surface area contributed by atoms with Gasteiger partial charge in [-0.05, 0) is 61.1 Å². The third-order valence-corrected chi connectivity index (χ3v) is 5.53. The summed E-state index contributed by atoms with van der Waals surface area (Å²) < 4.78 is 16.3. The van der Waals surface area contributed by atoms with E-state index in [0.717, 1.165) is 26.5 Å². The van der Waals surface area contributed by atoms with E-state index in [9.17, 15) is 9.18 Å². The molecular formula is C21H17BrFN3OS. The maximum absolute atomic E-state index is 13.2. The standard InChI is InChI=1S/C21H17BrFN3OS/c1-2-26-20(27)18(24-21(26)28)9-14-12-25(11-13-3-6-16(23)7-4-13)19-8-5-15(22)10-17(14)19/h3-10,12H,2,11H2,1H3,(H,24,28). The van der Waals surface area contributed by atoms with Gasteiger partial charge in [0.05, 0.1) is 0 Å². The summed E-state index contributed by atoms with van der Waals surface area (Å²) in [6.45, 7) is 3.02. The Morgan fingerprint density at radius 1 is 1.21 bits per heavy atom. The van der Waals surface area contributed by atoms with Gasteiger partial charge in [0, 0.05) is 40.2 Å². The lowest BCUT2D eigenvalue weighted by molar-refractivity contribution is -0.122. The van der Waals surface area contributed by atoms with Gasteiger partial charge in [-0.15, -0.1) is 0 Å². The van der Waals surface area contributed by atoms with Crippen molar-refractivity contribution in [1.29, 1.82) is 0 Å². The molecule has 0 aliphatic carbocycles. The number of thiocarbonyl (C=S) groups is 1. The van der Waals surface area contributed by atoms with Crippen molar-refractivity contribution in [2.45, 2.75) is 13.5 Å². The SMILES string of the molecule is CCN1C(=O)C(=Cc2cn(Cc3ccc(F)cc3)c3ccc(Br)cc23)NC1=S. The Morgan fingerprint density at radius 2 is 1.96 bits per heavy atom. The fourth-order valence-electron chi connectivity index (χ4n) is 3.34. The summed E-state index contributed by atoms with van der Waals surface area (Å²) in [6.07, 6.45) is 3.83. The zero-order valence-corrected chi connectivity index (χ0v) is 17.5. The number of hydrogen-bond acceptors (Lipinski definition) is 2. The molecule has 4 nitrogen and oxygen atoms in total. The zero-order chi connectivity index (χ0) is 19.8. The molecule has 1 N–H and O–H groups in total. The van der Waals surface area contributed by atoms with Crippen molar-refractivity contribution in [3.8, 4) is 0 Å². The van der Waals surface area contributed by atoms with Crippen LogP contribution in [0.3, 0.4) is 0 Å². The number of nitrogens with zero attached hydrogens (tertiary/aromatic N) is 2. The summed E-state index contributed by atoms with van der Waals surface area (Å²) in [4.78, 5) is 14.1. The highest BCUT2D eigenvalue weighted by molar-refractivity contribution is 9.10. The second-order valence-corrected chi connectivity index (χ2v) is 7.84. The smallest absolute Gasteiger partial charge is 0.276 e. The second-order valence-electron chi connectivity index (χ2n) is 6.54. The van der Waals surface area contributed by atoms with Gasteiger partial charge in [0.2, 0.25) is 0 Å². The topological polar surface area (TPSA) is 37.3 Å². The molecule has 1 aliphatic heterocycles. The molecule has 1 fully saturated rings. The van der Waals surface area contributed by atoms with Crippen molar-refractivity contribution in [3.63, 3.8) is 0 Å². The first kappa shape index (κ1) is 18.8. The van der Waals surface area contributed by atoms with E-state index in [4.69, 9.17) is 12.2 Å². The van der Waals surface area contributed by atoms with Crippen LogP contribution in [0.15, 0.2) is 58.8 Å². The lowest BCUT2D eigenvalue weighted by Gasteiger charge is -2.08. The van der Waals surface area contributed by atoms with Crippen LogP contribution in [0, 0.1) is 5.82 Å². The summed E-state index contributed by atoms with van der Waals surface area (Å²) in [5, 5.41) is 4.44. The number of fused-ring (bicyclic) bond motifs is 1. The number of likely N-dealkylation sites (N-methyl/N-ethyl adjacent to an activating group) is 1. The molecule has 0 unspecified atom stereocenters. The molecule has 28 heavy (non-hydrogen) atoms. The van der Waals surface area contributed by atoms with Crippen LogP contribution in [0.4, 0.5) is 4.39 Å². The average molecular weight is 458 g/mol. The molecule has 4 rings (SSSR count). The van der Waals surface area contributed by atoms with Crippen LogP contribution in [0.5, 0.6) is 0 Å². The van der Waals surface area contributed by atoms with Gasteiger partial charge in [0.15, 0.2) is 5.11 Å². The number of aromatic nitrogens is 1. The summed E-state index contributed by atoms with van der Waals surface area (Å²) >= 11 is 8.76. The Hall–Kier alpha value is -2.51. The second kappa shape index (κ2) is 7.48. The molecule has 1 aliphatic rings. The van der Waals surface area contributed by atoms with E-state index in [-0.39, 0.29) is 11.7 Å². The van der Waals surface area contributed by atoms with Crippen molar-refractivity contribution < 1.29 is 9.18 Å². The molecule has 3 aromatic rings. The van der Waals surface area contributed by atoms with Crippen LogP contribution in [0.2, 0.25) is 0 Å². The van der Waals surface area contributed by atoms with Crippen molar-refractivity contribution in [1.82, 2.24) is 14.8 Å². The molecule has 1 aromatic heterocycles. The van der Waals surface area contributed by atoms with E-state index in [1.54, 1.807) is 12.1 Å². The summed E-state index contributed by atoms with van der Waals surface area (Å²) in [6, 6.07) is 12.5. The third-order valence-electron chi connectivity index (χ3n) is 4.72. The number of rotatable bonds is 4. The summed E-state index contributed by atoms with van der Waals surface area (Å²) in [5.41, 5.74) is 3.40. The molecule has 2 aromatic carbocycles. The molecule has 0 atom stereocenters. The molecule has 2 heterocycles. The van der Waals surface area contributed by atoms with Crippen LogP contribution < -0.4 is 5.32 Å². The van der Waals surface area contributed by atoms with Crippen LogP contribution in [-0.4, -0.2) is 27.0 Å². The Kier molecular flexibility index (Phi) is 5.03. The highest BCUT2D eigenvalue weighted by Gasteiger charge is 2.29. The van der Waals surface area contributed by atoms with Crippen molar-refractivity contribution in [3.05, 3.63) is 75.8 Å². The normalized spacial score (nSPS) is 15.7. The zero-order valence-electron chi connectivity index (χ0n) is 15.1. The number of benzene rings is 2. The number of nitrogens with one attached hydrogen (secondary N) is 1. The van der Waals surface area contributed by atoms with Crippen molar-refractivity contribution in [2.24, 2.45) is 0 Å². The van der Waals surface area contributed by atoms with Crippen LogP contribution in [0.25, 0.3) is 17.0 Å². The Morgan fingerprint density at radius 3 is 2.64 bits per heavy atom. The number of carbonyl (C=O) groups excluding carboxylic acids is 1. The van der Waals surface area contributed by atoms with Gasteiger partial charge >= 0.3 is 0 Å². The van der Waals surface area contributed by atoms with Crippen molar-refractivity contribution in [2.75, 3.05) is 6.54 Å². The Labute approximate surface area is 175 Å². The minimum Gasteiger partial charge on any atom is -0.342 e. The lowest BCUT2D eigenvalue weighted by Crippen LogP contribution is -2.30. The minimum absolute atomic E-state index is 0.123. The number of amides is 1. The average Bonchev–Trinajstić information content (AvgIpc) is 3.13. The van der Waals surface area contributed by atoms with Crippen molar-refractivity contribution >= 4 is 56.1 Å². The van der Waals surface area contributed by atoms with Gasteiger partial charge in [0.1, 0.15) is 11.5 Å². The van der Waals surface area contributed by atoms with Gasteiger partial charge in [-0.25, -0.2) is 4.39 Å². The molecule has 0 radical (unpaired) electrons. The van der Waals surface area contributed by atoms with Gasteiger partial charge < -0.3 is 9.88 Å². The molecule has 7 heteroatoms. The third kappa shape index (κ3) is 3.47. The molecule has 1 saturated heterocycles. The molecule has 0 bridgehead atoms. The minimum atomic E-state index is -0.252. The first-order valence-electron chi connectivity index (χ1n) is 8.83. The maximum Gasteiger partial charge on any atom is 0.276 e. The maximum atomic E-state index is 13.2. The van der Waals surface area contributed by atoms with Crippen LogP contribution >= 0.6 is 28.1 Å². The number of carbonyl (C=O) groups is 1. The predicted octanol–water partition coefficient (Wildman–Crippen LogP) is 4.67. The molecule has 0 spiro atoms. The van der Waals surface area contributed by atoms with Gasteiger partial charge in [0.25, 0.3) is 5.91 Å². The largest absolute Gasteiger partial charge is 0.342 e. The fraction of sp³-hybridized carbons (Fsp3) is 0.143. The Bertz CT molecular complexity index is 1120.